The summed E-state index contributed by atoms with van der Waals surface area (Å²) in [5, 5.41) is 2.86. The van der Waals surface area contributed by atoms with Gasteiger partial charge in [-0.25, -0.2) is 9.18 Å². The molecule has 6 nitrogen and oxygen atoms in total. The standard InChI is InChI=1S/C21H26FN3O3/c22-17-8-4-3-7-15(17)13-24(16-9-10-16)18(26)14-25-19(27)21(23-20(25)28)11-5-1-2-6-12-21/h3-4,7-8,16H,1-2,5-6,9-14H2,(H,23,28). The molecule has 1 saturated heterocycles. The first-order valence-corrected chi connectivity index (χ1v) is 10.2. The predicted molar refractivity (Wildman–Crippen MR) is 101 cm³/mol. The summed E-state index contributed by atoms with van der Waals surface area (Å²) in [5.41, 5.74) is -0.399. The molecule has 7 heteroatoms. The quantitative estimate of drug-likeness (QED) is 0.790. The monoisotopic (exact) mass is 387 g/mol. The first kappa shape index (κ1) is 18.9. The Kier molecular flexibility index (Phi) is 5.08. The molecule has 1 aliphatic heterocycles. The molecule has 0 bridgehead atoms. The topological polar surface area (TPSA) is 69.7 Å². The molecule has 4 amide bonds. The zero-order valence-electron chi connectivity index (χ0n) is 16.0. The highest BCUT2D eigenvalue weighted by atomic mass is 19.1. The molecule has 1 spiro atoms. The fraction of sp³-hybridized carbons (Fsp3) is 0.571. The number of hydrogen-bond donors (Lipinski definition) is 1. The van der Waals surface area contributed by atoms with Crippen LogP contribution in [0.4, 0.5) is 9.18 Å². The molecule has 1 N–H and O–H groups in total. The molecule has 2 saturated carbocycles. The highest BCUT2D eigenvalue weighted by molar-refractivity contribution is 6.09. The Balaban J connectivity index is 1.47. The van der Waals surface area contributed by atoms with Crippen LogP contribution in [0, 0.1) is 5.82 Å². The molecule has 0 aromatic heterocycles. The molecule has 4 rings (SSSR count). The minimum atomic E-state index is -0.843. The fourth-order valence-electron chi connectivity index (χ4n) is 4.33. The molecule has 3 fully saturated rings. The van der Waals surface area contributed by atoms with Crippen LogP contribution in [0.1, 0.15) is 56.9 Å². The molecular formula is C21H26FN3O3. The number of nitrogens with one attached hydrogen (secondary N) is 1. The van der Waals surface area contributed by atoms with Crippen LogP contribution in [0.15, 0.2) is 24.3 Å². The Morgan fingerprint density at radius 1 is 1.14 bits per heavy atom. The zero-order chi connectivity index (χ0) is 19.7. The van der Waals surface area contributed by atoms with E-state index in [0.717, 1.165) is 43.4 Å². The number of urea groups is 1. The molecule has 1 aromatic rings. The maximum Gasteiger partial charge on any atom is 0.325 e. The largest absolute Gasteiger partial charge is 0.334 e. The summed E-state index contributed by atoms with van der Waals surface area (Å²) >= 11 is 0. The van der Waals surface area contributed by atoms with Crippen molar-refractivity contribution in [1.82, 2.24) is 15.1 Å². The Morgan fingerprint density at radius 2 is 1.82 bits per heavy atom. The molecule has 3 aliphatic rings. The van der Waals surface area contributed by atoms with Crippen molar-refractivity contribution in [2.45, 2.75) is 69.5 Å². The van der Waals surface area contributed by atoms with Gasteiger partial charge in [0.25, 0.3) is 5.91 Å². The fourth-order valence-corrected chi connectivity index (χ4v) is 4.33. The number of imide groups is 1. The molecule has 2 aliphatic carbocycles. The van der Waals surface area contributed by atoms with Gasteiger partial charge >= 0.3 is 6.03 Å². The van der Waals surface area contributed by atoms with Gasteiger partial charge in [-0.15, -0.1) is 0 Å². The van der Waals surface area contributed by atoms with Crippen LogP contribution >= 0.6 is 0 Å². The Hall–Kier alpha value is -2.44. The van der Waals surface area contributed by atoms with Crippen molar-refractivity contribution < 1.29 is 18.8 Å². The normalized spacial score (nSPS) is 21.5. The van der Waals surface area contributed by atoms with Crippen molar-refractivity contribution in [1.29, 1.82) is 0 Å². The summed E-state index contributed by atoms with van der Waals surface area (Å²) in [5.74, 6) is -0.942. The predicted octanol–water partition coefficient (Wildman–Crippen LogP) is 2.96. The lowest BCUT2D eigenvalue weighted by Gasteiger charge is -2.26. The van der Waals surface area contributed by atoms with Gasteiger partial charge in [-0.1, -0.05) is 43.9 Å². The average molecular weight is 387 g/mol. The number of benzene rings is 1. The second-order valence-corrected chi connectivity index (χ2v) is 8.16. The van der Waals surface area contributed by atoms with E-state index in [9.17, 15) is 18.8 Å². The highest BCUT2D eigenvalue weighted by Crippen LogP contribution is 2.33. The minimum Gasteiger partial charge on any atom is -0.334 e. The van der Waals surface area contributed by atoms with Gasteiger partial charge in [0.05, 0.1) is 0 Å². The van der Waals surface area contributed by atoms with Gasteiger partial charge in [0, 0.05) is 18.2 Å². The Bertz CT molecular complexity index is 785. The lowest BCUT2D eigenvalue weighted by Crippen LogP contribution is -2.47. The van der Waals surface area contributed by atoms with Crippen LogP contribution in [0.25, 0.3) is 0 Å². The molecule has 0 atom stereocenters. The van der Waals surface area contributed by atoms with Crippen molar-refractivity contribution in [3.8, 4) is 0 Å². The third-order valence-corrected chi connectivity index (χ3v) is 6.10. The summed E-state index contributed by atoms with van der Waals surface area (Å²) in [6.45, 7) is -0.123. The van der Waals surface area contributed by atoms with Gasteiger partial charge in [-0.2, -0.15) is 0 Å². The van der Waals surface area contributed by atoms with Crippen LogP contribution in [0.2, 0.25) is 0 Å². The minimum absolute atomic E-state index is 0.0553. The van der Waals surface area contributed by atoms with Crippen molar-refractivity contribution in [2.75, 3.05) is 6.54 Å². The van der Waals surface area contributed by atoms with Crippen LogP contribution in [0.5, 0.6) is 0 Å². The van der Waals surface area contributed by atoms with E-state index in [1.54, 1.807) is 23.1 Å². The van der Waals surface area contributed by atoms with E-state index >= 15 is 0 Å². The number of halogens is 1. The third-order valence-electron chi connectivity index (χ3n) is 6.10. The first-order chi connectivity index (χ1) is 13.5. The summed E-state index contributed by atoms with van der Waals surface area (Å²) < 4.78 is 14.0. The lowest BCUT2D eigenvalue weighted by molar-refractivity contribution is -0.140. The van der Waals surface area contributed by atoms with Crippen molar-refractivity contribution in [2.24, 2.45) is 0 Å². The number of hydrogen-bond acceptors (Lipinski definition) is 3. The summed E-state index contributed by atoms with van der Waals surface area (Å²) in [6, 6.07) is 5.95. The van der Waals surface area contributed by atoms with E-state index < -0.39 is 11.6 Å². The van der Waals surface area contributed by atoms with Gasteiger partial charge in [0.15, 0.2) is 0 Å². The van der Waals surface area contributed by atoms with Gasteiger partial charge in [0.2, 0.25) is 5.91 Å². The van der Waals surface area contributed by atoms with Crippen LogP contribution in [-0.4, -0.2) is 45.8 Å². The van der Waals surface area contributed by atoms with Gasteiger partial charge in [-0.05, 0) is 31.7 Å². The second-order valence-electron chi connectivity index (χ2n) is 8.16. The van der Waals surface area contributed by atoms with Gasteiger partial charge < -0.3 is 10.2 Å². The van der Waals surface area contributed by atoms with E-state index in [-0.39, 0.29) is 36.8 Å². The van der Waals surface area contributed by atoms with E-state index in [1.165, 1.54) is 6.07 Å². The number of amides is 4. The SMILES string of the molecule is O=C1NC2(CCCCCC2)C(=O)N1CC(=O)N(Cc1ccccc1F)C1CC1. The van der Waals surface area contributed by atoms with E-state index in [2.05, 4.69) is 5.32 Å². The average Bonchev–Trinajstić information content (AvgIpc) is 3.50. The smallest absolute Gasteiger partial charge is 0.325 e. The van der Waals surface area contributed by atoms with Crippen molar-refractivity contribution in [3.05, 3.63) is 35.6 Å². The molecular weight excluding hydrogens is 361 g/mol. The number of carbonyl (C=O) groups excluding carboxylic acids is 3. The Labute approximate surface area is 164 Å². The van der Waals surface area contributed by atoms with Crippen LogP contribution < -0.4 is 5.32 Å². The van der Waals surface area contributed by atoms with Gasteiger partial charge in [0.1, 0.15) is 17.9 Å². The first-order valence-electron chi connectivity index (χ1n) is 10.2. The third kappa shape index (κ3) is 3.62. The van der Waals surface area contributed by atoms with Crippen molar-refractivity contribution in [3.63, 3.8) is 0 Å². The summed E-state index contributed by atoms with van der Waals surface area (Å²) in [6.07, 6.45) is 6.90. The van der Waals surface area contributed by atoms with E-state index in [0.29, 0.717) is 18.4 Å². The number of rotatable bonds is 5. The highest BCUT2D eigenvalue weighted by Gasteiger charge is 2.51. The van der Waals surface area contributed by atoms with Crippen LogP contribution in [0.3, 0.4) is 0 Å². The maximum absolute atomic E-state index is 14.0. The molecule has 1 heterocycles. The Morgan fingerprint density at radius 3 is 2.46 bits per heavy atom. The van der Waals surface area contributed by atoms with Gasteiger partial charge in [-0.3, -0.25) is 14.5 Å². The lowest BCUT2D eigenvalue weighted by atomic mass is 9.90. The van der Waals surface area contributed by atoms with Crippen LogP contribution in [-0.2, 0) is 16.1 Å². The van der Waals surface area contributed by atoms with E-state index in [4.69, 9.17) is 0 Å². The molecule has 1 aromatic carbocycles. The molecule has 28 heavy (non-hydrogen) atoms. The molecule has 150 valence electrons. The van der Waals surface area contributed by atoms with Crippen molar-refractivity contribution >= 4 is 17.8 Å². The number of nitrogens with zero attached hydrogens (tertiary/aromatic N) is 2. The van der Waals surface area contributed by atoms with E-state index in [1.807, 2.05) is 0 Å². The summed E-state index contributed by atoms with van der Waals surface area (Å²) in [4.78, 5) is 41.1. The zero-order valence-corrected chi connectivity index (χ0v) is 16.0. The second kappa shape index (κ2) is 7.53. The summed E-state index contributed by atoms with van der Waals surface area (Å²) in [7, 11) is 0. The maximum atomic E-state index is 14.0. The molecule has 0 radical (unpaired) electrons. The molecule has 0 unspecified atom stereocenters. The number of carbonyl (C=O) groups is 3.